The number of carbonyl (C=O) groups excluding carboxylic acids is 1. The van der Waals surface area contributed by atoms with Crippen LogP contribution >= 0.6 is 0 Å². The number of ether oxygens (including phenoxy) is 1. The van der Waals surface area contributed by atoms with Gasteiger partial charge in [0.05, 0.1) is 25.2 Å². The molecule has 1 aromatic carbocycles. The minimum absolute atomic E-state index is 0.0995. The molecule has 0 spiro atoms. The van der Waals surface area contributed by atoms with Crippen LogP contribution in [-0.4, -0.2) is 53.7 Å². The molecule has 2 atom stereocenters. The van der Waals surface area contributed by atoms with Crippen molar-refractivity contribution in [1.29, 1.82) is 0 Å². The van der Waals surface area contributed by atoms with Crippen LogP contribution in [0, 0.1) is 0 Å². The summed E-state index contributed by atoms with van der Waals surface area (Å²) in [6.07, 6.45) is -0.0812. The van der Waals surface area contributed by atoms with Gasteiger partial charge in [0.25, 0.3) is 0 Å². The lowest BCUT2D eigenvalue weighted by molar-refractivity contribution is -0.148. The number of carbonyl (C=O) groups is 2. The Bertz CT molecular complexity index is 492. The molecule has 1 fully saturated rings. The van der Waals surface area contributed by atoms with Crippen LogP contribution in [0.5, 0.6) is 0 Å². The van der Waals surface area contributed by atoms with E-state index in [1.165, 1.54) is 0 Å². The molecule has 2 rings (SSSR count). The van der Waals surface area contributed by atoms with E-state index in [1.54, 1.807) is 4.90 Å². The topological polar surface area (TPSA) is 92.9 Å². The number of hydrogen-bond acceptors (Lipinski definition) is 4. The summed E-state index contributed by atoms with van der Waals surface area (Å²) in [5.41, 5.74) is 6.99. The van der Waals surface area contributed by atoms with Gasteiger partial charge < -0.3 is 20.5 Å². The number of nitrogens with two attached hydrogens (primary N) is 1. The Morgan fingerprint density at radius 2 is 2.10 bits per heavy atom. The summed E-state index contributed by atoms with van der Waals surface area (Å²) in [5.74, 6) is -1.08. The zero-order valence-corrected chi connectivity index (χ0v) is 11.8. The molecular weight excluding hydrogens is 272 g/mol. The number of carboxylic acid groups (broad SMARTS) is 1. The van der Waals surface area contributed by atoms with Crippen molar-refractivity contribution in [1.82, 2.24) is 4.90 Å². The van der Waals surface area contributed by atoms with E-state index >= 15 is 0 Å². The molecule has 1 unspecified atom stereocenters. The highest BCUT2D eigenvalue weighted by Crippen LogP contribution is 2.11. The van der Waals surface area contributed by atoms with Crippen molar-refractivity contribution >= 4 is 11.9 Å². The van der Waals surface area contributed by atoms with Gasteiger partial charge in [-0.2, -0.15) is 0 Å². The summed E-state index contributed by atoms with van der Waals surface area (Å²) in [6, 6.07) is 8.97. The zero-order valence-electron chi connectivity index (χ0n) is 11.8. The predicted molar refractivity (Wildman–Crippen MR) is 76.7 cm³/mol. The lowest BCUT2D eigenvalue weighted by Gasteiger charge is -2.33. The SMILES string of the molecule is N[C@H](Cc1ccccc1)C(=O)N1CCOC(CC(=O)O)C1. The summed E-state index contributed by atoms with van der Waals surface area (Å²) in [4.78, 5) is 24.6. The third kappa shape index (κ3) is 4.54. The molecule has 0 saturated carbocycles. The average Bonchev–Trinajstić information content (AvgIpc) is 2.47. The Morgan fingerprint density at radius 3 is 2.76 bits per heavy atom. The van der Waals surface area contributed by atoms with Crippen molar-refractivity contribution in [2.24, 2.45) is 5.73 Å². The van der Waals surface area contributed by atoms with Crippen LogP contribution in [0.4, 0.5) is 0 Å². The van der Waals surface area contributed by atoms with E-state index in [1.807, 2.05) is 30.3 Å². The number of amides is 1. The molecule has 0 aliphatic carbocycles. The minimum atomic E-state index is -0.928. The van der Waals surface area contributed by atoms with Crippen molar-refractivity contribution in [3.05, 3.63) is 35.9 Å². The summed E-state index contributed by atoms with van der Waals surface area (Å²) in [5, 5.41) is 8.79. The van der Waals surface area contributed by atoms with Crippen LogP contribution in [0.15, 0.2) is 30.3 Å². The number of hydrogen-bond donors (Lipinski definition) is 2. The average molecular weight is 292 g/mol. The van der Waals surface area contributed by atoms with Crippen molar-refractivity contribution in [2.45, 2.75) is 25.0 Å². The molecule has 3 N–H and O–H groups in total. The molecule has 6 heteroatoms. The second-order valence-corrected chi connectivity index (χ2v) is 5.17. The third-order valence-electron chi connectivity index (χ3n) is 3.47. The van der Waals surface area contributed by atoms with Gasteiger partial charge in [-0.05, 0) is 12.0 Å². The molecule has 1 saturated heterocycles. The summed E-state index contributed by atoms with van der Waals surface area (Å²) in [6.45, 7) is 1.09. The number of rotatable bonds is 5. The first-order valence-corrected chi connectivity index (χ1v) is 6.98. The van der Waals surface area contributed by atoms with Gasteiger partial charge in [-0.3, -0.25) is 9.59 Å². The predicted octanol–water partition coefficient (Wildman–Crippen LogP) is 0.259. The van der Waals surface area contributed by atoms with Crippen molar-refractivity contribution in [3.63, 3.8) is 0 Å². The van der Waals surface area contributed by atoms with Crippen LogP contribution in [0.3, 0.4) is 0 Å². The molecule has 21 heavy (non-hydrogen) atoms. The Labute approximate surface area is 123 Å². The van der Waals surface area contributed by atoms with Crippen LogP contribution in [-0.2, 0) is 20.7 Å². The van der Waals surface area contributed by atoms with E-state index < -0.39 is 18.1 Å². The number of aliphatic carboxylic acids is 1. The second kappa shape index (κ2) is 7.19. The van der Waals surface area contributed by atoms with Crippen LogP contribution in [0.25, 0.3) is 0 Å². The Kier molecular flexibility index (Phi) is 5.30. The van der Waals surface area contributed by atoms with Crippen LogP contribution in [0.1, 0.15) is 12.0 Å². The lowest BCUT2D eigenvalue weighted by atomic mass is 10.0. The first-order valence-electron chi connectivity index (χ1n) is 6.98. The summed E-state index contributed by atoms with van der Waals surface area (Å²) < 4.78 is 5.35. The molecule has 0 radical (unpaired) electrons. The van der Waals surface area contributed by atoms with Gasteiger partial charge in [0.15, 0.2) is 0 Å². The molecule has 1 aliphatic heterocycles. The van der Waals surface area contributed by atoms with Crippen LogP contribution < -0.4 is 5.73 Å². The molecule has 0 bridgehead atoms. The third-order valence-corrected chi connectivity index (χ3v) is 3.47. The maximum absolute atomic E-state index is 12.3. The first kappa shape index (κ1) is 15.5. The molecule has 0 aromatic heterocycles. The second-order valence-electron chi connectivity index (χ2n) is 5.17. The van der Waals surface area contributed by atoms with E-state index in [-0.39, 0.29) is 18.9 Å². The van der Waals surface area contributed by atoms with Gasteiger partial charge >= 0.3 is 5.97 Å². The molecule has 1 aliphatic rings. The highest BCUT2D eigenvalue weighted by Gasteiger charge is 2.28. The van der Waals surface area contributed by atoms with Crippen molar-refractivity contribution < 1.29 is 19.4 Å². The molecule has 1 aromatic rings. The molecule has 1 amide bonds. The molecule has 6 nitrogen and oxygen atoms in total. The van der Waals surface area contributed by atoms with Gasteiger partial charge in [0.2, 0.25) is 5.91 Å². The van der Waals surface area contributed by atoms with Gasteiger partial charge in [0.1, 0.15) is 0 Å². The summed E-state index contributed by atoms with van der Waals surface area (Å²) >= 11 is 0. The Morgan fingerprint density at radius 1 is 1.38 bits per heavy atom. The number of nitrogens with zero attached hydrogens (tertiary/aromatic N) is 1. The van der Waals surface area contributed by atoms with Gasteiger partial charge in [-0.15, -0.1) is 0 Å². The smallest absolute Gasteiger partial charge is 0.306 e. The van der Waals surface area contributed by atoms with Gasteiger partial charge in [-0.25, -0.2) is 0 Å². The number of carboxylic acids is 1. The van der Waals surface area contributed by atoms with Crippen molar-refractivity contribution in [3.8, 4) is 0 Å². The Hall–Kier alpha value is -1.92. The van der Waals surface area contributed by atoms with E-state index in [4.69, 9.17) is 15.6 Å². The summed E-state index contributed by atoms with van der Waals surface area (Å²) in [7, 11) is 0. The molecular formula is C15H20N2O4. The largest absolute Gasteiger partial charge is 0.481 e. The highest BCUT2D eigenvalue weighted by molar-refractivity contribution is 5.82. The van der Waals surface area contributed by atoms with Gasteiger partial charge in [0, 0.05) is 13.1 Å². The maximum atomic E-state index is 12.3. The van der Waals surface area contributed by atoms with E-state index in [0.717, 1.165) is 5.56 Å². The normalized spacial score (nSPS) is 20.0. The van der Waals surface area contributed by atoms with Gasteiger partial charge in [-0.1, -0.05) is 30.3 Å². The maximum Gasteiger partial charge on any atom is 0.306 e. The highest BCUT2D eigenvalue weighted by atomic mass is 16.5. The fourth-order valence-corrected chi connectivity index (χ4v) is 2.43. The van der Waals surface area contributed by atoms with Crippen molar-refractivity contribution in [2.75, 3.05) is 19.7 Å². The number of benzene rings is 1. The zero-order chi connectivity index (χ0) is 15.2. The van der Waals surface area contributed by atoms with E-state index in [2.05, 4.69) is 0 Å². The first-order chi connectivity index (χ1) is 10.1. The molecule has 114 valence electrons. The number of morpholine rings is 1. The minimum Gasteiger partial charge on any atom is -0.481 e. The lowest BCUT2D eigenvalue weighted by Crippen LogP contribution is -2.52. The standard InChI is InChI=1S/C15H20N2O4/c16-13(8-11-4-2-1-3-5-11)15(20)17-6-7-21-12(10-17)9-14(18)19/h1-5,12-13H,6-10,16H2,(H,18,19)/t12?,13-/m1/s1. The monoisotopic (exact) mass is 292 g/mol. The fourth-order valence-electron chi connectivity index (χ4n) is 2.43. The van der Waals surface area contributed by atoms with E-state index in [9.17, 15) is 9.59 Å². The fraction of sp³-hybridized carbons (Fsp3) is 0.467. The van der Waals surface area contributed by atoms with Crippen LogP contribution in [0.2, 0.25) is 0 Å². The Balaban J connectivity index is 1.91. The molecule has 1 heterocycles. The van der Waals surface area contributed by atoms with E-state index in [0.29, 0.717) is 19.6 Å². The quantitative estimate of drug-likeness (QED) is 0.812.